The molecule has 1 fully saturated rings. The third-order valence-corrected chi connectivity index (χ3v) is 6.45. The van der Waals surface area contributed by atoms with Gasteiger partial charge in [0.05, 0.1) is 4.90 Å². The van der Waals surface area contributed by atoms with E-state index in [0.29, 0.717) is 5.56 Å². The van der Waals surface area contributed by atoms with Crippen molar-refractivity contribution < 1.29 is 13.2 Å². The molecule has 0 aromatic heterocycles. The molecular formula is C18H29N3O3S. The first kappa shape index (κ1) is 19.9. The molecule has 0 N–H and O–H groups in total. The maximum Gasteiger partial charge on any atom is 0.253 e. The molecule has 1 heterocycles. The van der Waals surface area contributed by atoms with Crippen LogP contribution in [0.5, 0.6) is 0 Å². The predicted molar refractivity (Wildman–Crippen MR) is 99.2 cm³/mol. The number of sulfonamides is 1. The number of amides is 1. The SMILES string of the molecule is CCCCCN1CCN(C(=O)c2ccc(S(=O)(=O)N(C)C)cc2)CC1. The molecule has 1 saturated heterocycles. The Morgan fingerprint density at radius 3 is 2.16 bits per heavy atom. The fourth-order valence-corrected chi connectivity index (χ4v) is 3.82. The molecule has 1 aliphatic rings. The molecule has 0 spiro atoms. The van der Waals surface area contributed by atoms with Gasteiger partial charge in [-0.15, -0.1) is 0 Å². The van der Waals surface area contributed by atoms with Crippen molar-refractivity contribution in [3.05, 3.63) is 29.8 Å². The van der Waals surface area contributed by atoms with Crippen LogP contribution in [0.15, 0.2) is 29.2 Å². The molecule has 1 aromatic rings. The van der Waals surface area contributed by atoms with Crippen LogP contribution in [-0.2, 0) is 10.0 Å². The maximum atomic E-state index is 12.6. The highest BCUT2D eigenvalue weighted by atomic mass is 32.2. The first-order valence-electron chi connectivity index (χ1n) is 8.90. The molecule has 0 saturated carbocycles. The van der Waals surface area contributed by atoms with Crippen LogP contribution in [-0.4, -0.2) is 75.2 Å². The van der Waals surface area contributed by atoms with Crippen molar-refractivity contribution in [1.82, 2.24) is 14.1 Å². The Morgan fingerprint density at radius 1 is 1.04 bits per heavy atom. The van der Waals surface area contributed by atoms with Gasteiger partial charge in [-0.1, -0.05) is 19.8 Å². The Morgan fingerprint density at radius 2 is 1.64 bits per heavy atom. The zero-order chi connectivity index (χ0) is 18.4. The minimum atomic E-state index is -3.46. The van der Waals surface area contributed by atoms with Gasteiger partial charge < -0.3 is 4.90 Å². The summed E-state index contributed by atoms with van der Waals surface area (Å²) in [5.41, 5.74) is 0.539. The lowest BCUT2D eigenvalue weighted by atomic mass is 10.1. The van der Waals surface area contributed by atoms with Crippen LogP contribution in [0.25, 0.3) is 0 Å². The first-order valence-corrected chi connectivity index (χ1v) is 10.3. The second-order valence-corrected chi connectivity index (χ2v) is 8.80. The highest BCUT2D eigenvalue weighted by Crippen LogP contribution is 2.16. The molecule has 6 nitrogen and oxygen atoms in total. The van der Waals surface area contributed by atoms with Gasteiger partial charge in [0.25, 0.3) is 5.91 Å². The Kier molecular flexibility index (Phi) is 6.98. The number of benzene rings is 1. The summed E-state index contributed by atoms with van der Waals surface area (Å²) in [7, 11) is -0.472. The van der Waals surface area contributed by atoms with Crippen molar-refractivity contribution in [2.45, 2.75) is 31.1 Å². The third-order valence-electron chi connectivity index (χ3n) is 4.62. The molecule has 140 valence electrons. The molecule has 7 heteroatoms. The fourth-order valence-electron chi connectivity index (χ4n) is 2.92. The van der Waals surface area contributed by atoms with Gasteiger partial charge >= 0.3 is 0 Å². The Labute approximate surface area is 151 Å². The van der Waals surface area contributed by atoms with Crippen LogP contribution in [0.3, 0.4) is 0 Å². The monoisotopic (exact) mass is 367 g/mol. The smallest absolute Gasteiger partial charge is 0.253 e. The van der Waals surface area contributed by atoms with Crippen LogP contribution in [0.2, 0.25) is 0 Å². The van der Waals surface area contributed by atoms with E-state index < -0.39 is 10.0 Å². The fraction of sp³-hybridized carbons (Fsp3) is 0.611. The largest absolute Gasteiger partial charge is 0.336 e. The summed E-state index contributed by atoms with van der Waals surface area (Å²) < 4.78 is 25.3. The minimum absolute atomic E-state index is 0.0259. The summed E-state index contributed by atoms with van der Waals surface area (Å²) in [6.45, 7) is 6.56. The van der Waals surface area contributed by atoms with Gasteiger partial charge in [-0.3, -0.25) is 9.69 Å². The van der Waals surface area contributed by atoms with Gasteiger partial charge in [0.15, 0.2) is 0 Å². The summed E-state index contributed by atoms with van der Waals surface area (Å²) in [6.07, 6.45) is 3.69. The lowest BCUT2D eigenvalue weighted by Gasteiger charge is -2.34. The number of carbonyl (C=O) groups is 1. The van der Waals surface area contributed by atoms with Crippen molar-refractivity contribution >= 4 is 15.9 Å². The summed E-state index contributed by atoms with van der Waals surface area (Å²) in [4.78, 5) is 17.1. The van der Waals surface area contributed by atoms with E-state index >= 15 is 0 Å². The second-order valence-electron chi connectivity index (χ2n) is 6.65. The average Bonchev–Trinajstić information content (AvgIpc) is 2.62. The summed E-state index contributed by atoms with van der Waals surface area (Å²) in [5, 5.41) is 0. The van der Waals surface area contributed by atoms with Crippen molar-refractivity contribution in [3.8, 4) is 0 Å². The third kappa shape index (κ3) is 5.03. The molecule has 1 amide bonds. The van der Waals surface area contributed by atoms with E-state index in [1.54, 1.807) is 12.1 Å². The van der Waals surface area contributed by atoms with E-state index in [1.165, 1.54) is 49.8 Å². The Bertz CT molecular complexity index is 663. The maximum absolute atomic E-state index is 12.6. The number of piperazine rings is 1. The minimum Gasteiger partial charge on any atom is -0.336 e. The summed E-state index contributed by atoms with van der Waals surface area (Å²) in [5.74, 6) is -0.0259. The average molecular weight is 368 g/mol. The molecule has 0 aliphatic carbocycles. The number of hydrogen-bond acceptors (Lipinski definition) is 4. The lowest BCUT2D eigenvalue weighted by Crippen LogP contribution is -2.48. The molecular weight excluding hydrogens is 338 g/mol. The van der Waals surface area contributed by atoms with Crippen LogP contribution in [0.1, 0.15) is 36.5 Å². The number of rotatable bonds is 7. The molecule has 1 aromatic carbocycles. The van der Waals surface area contributed by atoms with Gasteiger partial charge in [-0.2, -0.15) is 0 Å². The van der Waals surface area contributed by atoms with Gasteiger partial charge in [0.1, 0.15) is 0 Å². The topological polar surface area (TPSA) is 60.9 Å². The zero-order valence-electron chi connectivity index (χ0n) is 15.4. The summed E-state index contributed by atoms with van der Waals surface area (Å²) >= 11 is 0. The van der Waals surface area contributed by atoms with Gasteiger partial charge in [-0.25, -0.2) is 12.7 Å². The van der Waals surface area contributed by atoms with Gasteiger partial charge in [0.2, 0.25) is 10.0 Å². The predicted octanol–water partition coefficient (Wildman–Crippen LogP) is 1.88. The molecule has 1 aliphatic heterocycles. The highest BCUT2D eigenvalue weighted by molar-refractivity contribution is 7.89. The summed E-state index contributed by atoms with van der Waals surface area (Å²) in [6, 6.07) is 6.21. The van der Waals surface area contributed by atoms with Gasteiger partial charge in [-0.05, 0) is 37.2 Å². The van der Waals surface area contributed by atoms with E-state index in [-0.39, 0.29) is 10.8 Å². The number of carbonyl (C=O) groups excluding carboxylic acids is 1. The number of unbranched alkanes of at least 4 members (excludes halogenated alkanes) is 2. The van der Waals surface area contributed by atoms with Gasteiger partial charge in [0, 0.05) is 45.8 Å². The zero-order valence-corrected chi connectivity index (χ0v) is 16.3. The van der Waals surface area contributed by atoms with Crippen LogP contribution < -0.4 is 0 Å². The molecule has 2 rings (SSSR count). The normalized spacial score (nSPS) is 16.4. The number of nitrogens with zero attached hydrogens (tertiary/aromatic N) is 3. The van der Waals surface area contributed by atoms with E-state index in [2.05, 4.69) is 11.8 Å². The lowest BCUT2D eigenvalue weighted by molar-refractivity contribution is 0.0635. The van der Waals surface area contributed by atoms with E-state index in [1.807, 2.05) is 4.90 Å². The van der Waals surface area contributed by atoms with Crippen LogP contribution in [0.4, 0.5) is 0 Å². The Hall–Kier alpha value is -1.44. The molecule has 0 atom stereocenters. The highest BCUT2D eigenvalue weighted by Gasteiger charge is 2.23. The quantitative estimate of drug-likeness (QED) is 0.691. The van der Waals surface area contributed by atoms with Crippen molar-refractivity contribution in [3.63, 3.8) is 0 Å². The second kappa shape index (κ2) is 8.78. The molecule has 25 heavy (non-hydrogen) atoms. The molecule has 0 unspecified atom stereocenters. The van der Waals surface area contributed by atoms with Crippen molar-refractivity contribution in [2.24, 2.45) is 0 Å². The van der Waals surface area contributed by atoms with Crippen LogP contribution >= 0.6 is 0 Å². The number of hydrogen-bond donors (Lipinski definition) is 0. The van der Waals surface area contributed by atoms with Crippen molar-refractivity contribution in [2.75, 3.05) is 46.8 Å². The van der Waals surface area contributed by atoms with Crippen molar-refractivity contribution in [1.29, 1.82) is 0 Å². The van der Waals surface area contributed by atoms with E-state index in [0.717, 1.165) is 32.7 Å². The first-order chi connectivity index (χ1) is 11.9. The van der Waals surface area contributed by atoms with Crippen LogP contribution in [0, 0.1) is 0 Å². The van der Waals surface area contributed by atoms with E-state index in [9.17, 15) is 13.2 Å². The molecule has 0 bridgehead atoms. The van der Waals surface area contributed by atoms with E-state index in [4.69, 9.17) is 0 Å². The Balaban J connectivity index is 1.94. The standard InChI is InChI=1S/C18H29N3O3S/c1-4-5-6-11-20-12-14-21(15-13-20)18(22)16-7-9-17(10-8-16)25(23,24)19(2)3/h7-10H,4-6,11-15H2,1-3H3. The molecule has 0 radical (unpaired) electrons.